The van der Waals surface area contributed by atoms with Gasteiger partial charge in [-0.15, -0.1) is 11.3 Å². The molecule has 1 unspecified atom stereocenters. The zero-order valence-electron chi connectivity index (χ0n) is 41.2. The molecule has 0 radical (unpaired) electrons. The summed E-state index contributed by atoms with van der Waals surface area (Å²) in [6.45, 7) is 13.7. The molecule has 4 amide bonds. The highest BCUT2D eigenvalue weighted by Gasteiger charge is 2.41. The van der Waals surface area contributed by atoms with E-state index in [1.54, 1.807) is 17.4 Å². The van der Waals surface area contributed by atoms with Gasteiger partial charge in [0.2, 0.25) is 18.0 Å². The molecule has 5 atom stereocenters. The first-order chi connectivity index (χ1) is 33.5. The van der Waals surface area contributed by atoms with E-state index in [9.17, 15) is 19.2 Å². The van der Waals surface area contributed by atoms with Crippen molar-refractivity contribution in [1.82, 2.24) is 25.0 Å². The lowest BCUT2D eigenvalue weighted by molar-refractivity contribution is -0.134. The Labute approximate surface area is 412 Å². The van der Waals surface area contributed by atoms with Gasteiger partial charge in [-0.2, -0.15) is 0 Å². The third-order valence-corrected chi connectivity index (χ3v) is 16.1. The summed E-state index contributed by atoms with van der Waals surface area (Å²) >= 11 is 1.77. The van der Waals surface area contributed by atoms with Gasteiger partial charge in [0.25, 0.3) is 0 Å². The Bertz CT molecular complexity index is 2920. The fourth-order valence-electron chi connectivity index (χ4n) is 11.4. The molecule has 2 aromatic carbocycles. The molecular weight excluding hydrogens is 910 g/mol. The summed E-state index contributed by atoms with van der Waals surface area (Å²) in [5, 5.41) is 6.39. The predicted octanol–water partition coefficient (Wildman–Crippen LogP) is 9.34. The largest absolute Gasteiger partial charge is 0.464 e. The summed E-state index contributed by atoms with van der Waals surface area (Å²) in [6.07, 6.45) is 7.79. The lowest BCUT2D eigenvalue weighted by Crippen LogP contribution is -2.53. The molecule has 2 aromatic heterocycles. The van der Waals surface area contributed by atoms with Crippen LogP contribution in [0.2, 0.25) is 0 Å². The third-order valence-electron chi connectivity index (χ3n) is 14.9. The Morgan fingerprint density at radius 3 is 2.17 bits per heavy atom. The molecule has 10 rings (SSSR count). The van der Waals surface area contributed by atoms with Gasteiger partial charge >= 0.3 is 12.2 Å². The number of amides is 4. The number of aromatic nitrogens is 1. The minimum Gasteiger partial charge on any atom is -0.464 e. The van der Waals surface area contributed by atoms with Crippen molar-refractivity contribution in [3.05, 3.63) is 87.0 Å². The molecular formula is C54H62FN7O7S. The number of ether oxygens (including phenoxy) is 3. The van der Waals surface area contributed by atoms with E-state index < -0.39 is 36.3 Å². The maximum Gasteiger partial charge on any atom is 0.407 e. The van der Waals surface area contributed by atoms with Crippen molar-refractivity contribution in [1.29, 1.82) is 0 Å². The maximum atomic E-state index is 17.0. The Morgan fingerprint density at radius 1 is 0.843 bits per heavy atom. The number of alkyl carbamates (subject to hydrolysis) is 2. The molecule has 0 bridgehead atoms. The van der Waals surface area contributed by atoms with Crippen LogP contribution in [-0.4, -0.2) is 108 Å². The number of carbonyl (C=O) groups excluding carboxylic acids is 4. The Kier molecular flexibility index (Phi) is 12.5. The van der Waals surface area contributed by atoms with Crippen LogP contribution in [0.4, 0.5) is 14.0 Å². The van der Waals surface area contributed by atoms with Crippen molar-refractivity contribution in [2.24, 2.45) is 27.2 Å². The molecule has 368 valence electrons. The number of nitrogens with one attached hydrogen (secondary N) is 2. The second-order valence-electron chi connectivity index (χ2n) is 21.0. The van der Waals surface area contributed by atoms with Gasteiger partial charge in [-0.25, -0.2) is 14.0 Å². The molecule has 16 heteroatoms. The van der Waals surface area contributed by atoms with Gasteiger partial charge in [0.15, 0.2) is 0 Å². The zero-order chi connectivity index (χ0) is 49.3. The van der Waals surface area contributed by atoms with E-state index >= 15 is 4.39 Å². The van der Waals surface area contributed by atoms with Crippen molar-refractivity contribution in [2.45, 2.75) is 117 Å². The molecule has 1 aliphatic carbocycles. The van der Waals surface area contributed by atoms with Gasteiger partial charge in [0.05, 0.1) is 60.2 Å². The summed E-state index contributed by atoms with van der Waals surface area (Å²) in [5.41, 5.74) is 8.80. The molecule has 6 aliphatic rings. The zero-order valence-corrected chi connectivity index (χ0v) is 42.0. The van der Waals surface area contributed by atoms with Crippen molar-refractivity contribution < 1.29 is 37.8 Å². The van der Waals surface area contributed by atoms with Crippen LogP contribution < -0.4 is 15.4 Å². The quantitative estimate of drug-likeness (QED) is 0.152. The van der Waals surface area contributed by atoms with Crippen molar-refractivity contribution in [3.63, 3.8) is 0 Å². The van der Waals surface area contributed by atoms with Crippen molar-refractivity contribution >= 4 is 68.8 Å². The first-order valence-electron chi connectivity index (χ1n) is 24.6. The van der Waals surface area contributed by atoms with Crippen molar-refractivity contribution in [2.75, 3.05) is 33.9 Å². The molecule has 4 aromatic rings. The van der Waals surface area contributed by atoms with Crippen LogP contribution in [0.1, 0.15) is 106 Å². The van der Waals surface area contributed by atoms with Gasteiger partial charge in [-0.05, 0) is 126 Å². The van der Waals surface area contributed by atoms with Gasteiger partial charge in [-0.1, -0.05) is 47.6 Å². The molecule has 2 saturated heterocycles. The SMILES string of the molecule is COC(=O)N[C@H](C(=O)N1CCC[C@H]1C1=NCC(c2cc(F)c3c(c2)OC(c2cc4c(s2)CC(C)(C)C4)n2c-3cc3cc(C4=CN=C([C@@H]5CCCN5C(=O)[C@@H](NC(=O)OC)C(C)C)C4)ccc32)=C1)C(C)C. The van der Waals surface area contributed by atoms with Gasteiger partial charge in [0, 0.05) is 41.7 Å². The molecule has 14 nitrogen and oxygen atoms in total. The number of rotatable bonds is 11. The maximum absolute atomic E-state index is 17.0. The van der Waals surface area contributed by atoms with E-state index in [1.807, 2.05) is 55.8 Å². The van der Waals surface area contributed by atoms with Crippen LogP contribution in [0.5, 0.6) is 5.75 Å². The van der Waals surface area contributed by atoms with E-state index in [0.717, 1.165) is 88.1 Å². The molecule has 70 heavy (non-hydrogen) atoms. The summed E-state index contributed by atoms with van der Waals surface area (Å²) in [4.78, 5) is 68.0. The number of thiophene rings is 1. The number of hydrogen-bond donors (Lipinski definition) is 2. The fourth-order valence-corrected chi connectivity index (χ4v) is 12.9. The van der Waals surface area contributed by atoms with Gasteiger partial charge < -0.3 is 34.6 Å². The first kappa shape index (κ1) is 47.4. The number of benzene rings is 2. The summed E-state index contributed by atoms with van der Waals surface area (Å²) in [6, 6.07) is 12.3. The van der Waals surface area contributed by atoms with Crippen LogP contribution in [0.15, 0.2) is 64.7 Å². The highest BCUT2D eigenvalue weighted by Crippen LogP contribution is 2.50. The van der Waals surface area contributed by atoms with Crippen molar-refractivity contribution in [3.8, 4) is 17.0 Å². The molecule has 7 heterocycles. The number of aliphatic imine (C=N–C) groups is 2. The second-order valence-corrected chi connectivity index (χ2v) is 22.2. The monoisotopic (exact) mass is 971 g/mol. The number of likely N-dealkylation sites (tertiary alicyclic amines) is 2. The minimum absolute atomic E-state index is 0.128. The van der Waals surface area contributed by atoms with Crippen LogP contribution in [0.3, 0.4) is 0 Å². The average molecular weight is 972 g/mol. The lowest BCUT2D eigenvalue weighted by atomic mass is 9.91. The standard InChI is InChI=1S/C54H62FN7O7S/c1-28(2)47(58-52(65)67-7)49(63)60-15-9-11-40(60)37-19-34(26-56-37)30-13-14-39-32(17-30)21-42-46-36(55)18-31(22-43(46)69-51(62(39)42)44-23-33-24-54(5,6)25-45(33)70-44)35-20-38(57-27-35)41-12-10-16-61(41)50(64)48(29(3)4)59-53(66)68-8/h13-14,17-18,20-23,26,28-29,40-41,47-48,51H,9-12,15-16,19,24-25,27H2,1-8H3,(H,58,65)(H,59,66)/t40-,41-,47-,48-,51?/m0/s1. The summed E-state index contributed by atoms with van der Waals surface area (Å²) in [5.74, 6) is -0.536. The van der Waals surface area contributed by atoms with E-state index in [-0.39, 0.29) is 41.1 Å². The van der Waals surface area contributed by atoms with Crippen LogP contribution in [0, 0.1) is 23.1 Å². The first-order valence-corrected chi connectivity index (χ1v) is 25.4. The Morgan fingerprint density at radius 2 is 1.51 bits per heavy atom. The topological polar surface area (TPSA) is 156 Å². The molecule has 0 saturated carbocycles. The summed E-state index contributed by atoms with van der Waals surface area (Å²) < 4.78 is 35.8. The number of carbonyl (C=O) groups is 4. The second kappa shape index (κ2) is 18.5. The molecule has 5 aliphatic heterocycles. The fraction of sp³-hybridized carbons (Fsp3) is 0.481. The number of fused-ring (bicyclic) bond motifs is 6. The average Bonchev–Trinajstić information content (AvgIpc) is 4.19. The third kappa shape index (κ3) is 8.59. The van der Waals surface area contributed by atoms with E-state index in [4.69, 9.17) is 24.2 Å². The Balaban J connectivity index is 0.944. The van der Waals surface area contributed by atoms with Crippen LogP contribution >= 0.6 is 11.3 Å². The van der Waals surface area contributed by atoms with Crippen LogP contribution in [-0.2, 0) is 31.9 Å². The number of methoxy groups -OCH3 is 2. The highest BCUT2D eigenvalue weighted by atomic mass is 32.1. The molecule has 0 spiro atoms. The normalized spacial score (nSPS) is 22.0. The molecule has 2 fully saturated rings. The number of allylic oxidation sites excluding steroid dienone is 1. The number of halogens is 1. The van der Waals surface area contributed by atoms with Gasteiger partial charge in [0.1, 0.15) is 23.7 Å². The molecule has 2 N–H and O–H groups in total. The van der Waals surface area contributed by atoms with E-state index in [0.29, 0.717) is 42.9 Å². The van der Waals surface area contributed by atoms with E-state index in [2.05, 4.69) is 59.4 Å². The Hall–Kier alpha value is -6.29. The predicted molar refractivity (Wildman–Crippen MR) is 270 cm³/mol. The van der Waals surface area contributed by atoms with Gasteiger partial charge in [-0.3, -0.25) is 24.1 Å². The smallest absolute Gasteiger partial charge is 0.407 e. The minimum atomic E-state index is -0.743. The summed E-state index contributed by atoms with van der Waals surface area (Å²) in [7, 11) is 2.58. The van der Waals surface area contributed by atoms with Crippen LogP contribution in [0.25, 0.3) is 33.3 Å². The lowest BCUT2D eigenvalue weighted by Gasteiger charge is -2.31. The highest BCUT2D eigenvalue weighted by molar-refractivity contribution is 7.12. The number of nitrogens with zero attached hydrogens (tertiary/aromatic N) is 5. The number of hydrogen-bond acceptors (Lipinski definition) is 10. The van der Waals surface area contributed by atoms with E-state index in [1.165, 1.54) is 24.7 Å².